The van der Waals surface area contributed by atoms with Crippen LogP contribution in [-0.2, 0) is 0 Å². The maximum atomic E-state index is 2.46. The zero-order valence-corrected chi connectivity index (χ0v) is 33.1. The summed E-state index contributed by atoms with van der Waals surface area (Å²) in [6, 6.07) is 83.6. The van der Waals surface area contributed by atoms with E-state index in [1.165, 1.54) is 64.0 Å². The third-order valence-electron chi connectivity index (χ3n) is 11.4. The summed E-state index contributed by atoms with van der Waals surface area (Å²) in [5, 5.41) is 8.54. The summed E-state index contributed by atoms with van der Waals surface area (Å²) in [4.78, 5) is 6.07. The molecule has 0 N–H and O–H groups in total. The van der Waals surface area contributed by atoms with Crippen LogP contribution in [0.3, 0.4) is 0 Å². The monoisotopic (exact) mass is 770 g/mol. The number of benzene rings is 10. The molecule has 0 unspecified atom stereocenters. The van der Waals surface area contributed by atoms with Gasteiger partial charge in [0.15, 0.2) is 0 Å². The van der Waals surface area contributed by atoms with Crippen LogP contribution in [0.15, 0.2) is 231 Å². The Labute approximate surface area is 348 Å². The number of rotatable bonds is 8. The Morgan fingerprint density at radius 2 is 0.864 bits per heavy atom. The second kappa shape index (κ2) is 14.8. The van der Waals surface area contributed by atoms with Gasteiger partial charge in [0.05, 0.1) is 11.4 Å². The molecule has 0 fully saturated rings. The molecular weight excluding hydrogens is 733 g/mol. The fourth-order valence-electron chi connectivity index (χ4n) is 8.71. The smallest absolute Gasteiger partial charge is 0.0540 e. The van der Waals surface area contributed by atoms with Crippen molar-refractivity contribution < 1.29 is 0 Å². The van der Waals surface area contributed by atoms with Crippen molar-refractivity contribution in [3.05, 3.63) is 231 Å². The summed E-state index contributed by atoms with van der Waals surface area (Å²) >= 11 is 1.88. The number of para-hydroxylation sites is 2. The molecule has 10 aromatic carbocycles. The van der Waals surface area contributed by atoms with E-state index in [-0.39, 0.29) is 0 Å². The van der Waals surface area contributed by atoms with Crippen LogP contribution in [0.2, 0.25) is 0 Å². The Balaban J connectivity index is 1.14. The zero-order chi connectivity index (χ0) is 39.1. The highest BCUT2D eigenvalue weighted by Crippen LogP contribution is 2.51. The van der Waals surface area contributed by atoms with E-state index in [0.29, 0.717) is 0 Å². The predicted molar refractivity (Wildman–Crippen MR) is 255 cm³/mol. The van der Waals surface area contributed by atoms with Crippen LogP contribution in [0.4, 0.5) is 34.1 Å². The van der Waals surface area contributed by atoms with Crippen LogP contribution >= 0.6 is 11.3 Å². The van der Waals surface area contributed by atoms with Gasteiger partial charge in [0.1, 0.15) is 0 Å². The first-order valence-electron chi connectivity index (χ1n) is 20.1. The Morgan fingerprint density at radius 3 is 1.61 bits per heavy atom. The van der Waals surface area contributed by atoms with Gasteiger partial charge in [-0.15, -0.1) is 11.3 Å². The van der Waals surface area contributed by atoms with E-state index in [0.717, 1.165) is 34.1 Å². The van der Waals surface area contributed by atoms with Crippen molar-refractivity contribution in [3.8, 4) is 21.6 Å². The van der Waals surface area contributed by atoms with Crippen LogP contribution < -0.4 is 9.80 Å². The molecule has 0 saturated heterocycles. The largest absolute Gasteiger partial charge is 0.310 e. The highest BCUT2D eigenvalue weighted by atomic mass is 32.1. The van der Waals surface area contributed by atoms with Crippen molar-refractivity contribution in [2.24, 2.45) is 0 Å². The number of thiophene rings is 1. The van der Waals surface area contributed by atoms with Gasteiger partial charge in [-0.3, -0.25) is 0 Å². The first-order chi connectivity index (χ1) is 29.3. The normalized spacial score (nSPS) is 11.4. The highest BCUT2D eigenvalue weighted by Gasteiger charge is 2.23. The quantitative estimate of drug-likeness (QED) is 0.152. The number of hydrogen-bond donors (Lipinski definition) is 0. The molecule has 11 rings (SSSR count). The second-order valence-corrected chi connectivity index (χ2v) is 16.0. The minimum Gasteiger partial charge on any atom is -0.310 e. The van der Waals surface area contributed by atoms with Crippen LogP contribution in [0.1, 0.15) is 0 Å². The molecule has 3 heteroatoms. The summed E-state index contributed by atoms with van der Waals surface area (Å²) in [7, 11) is 0. The Kier molecular flexibility index (Phi) is 8.72. The van der Waals surface area contributed by atoms with Gasteiger partial charge >= 0.3 is 0 Å². The molecule has 2 nitrogen and oxygen atoms in total. The molecule has 0 atom stereocenters. The zero-order valence-electron chi connectivity index (χ0n) is 32.2. The van der Waals surface area contributed by atoms with Gasteiger partial charge in [-0.1, -0.05) is 170 Å². The molecule has 278 valence electrons. The number of fused-ring (bicyclic) bond motifs is 4. The number of nitrogens with zero attached hydrogens (tertiary/aromatic N) is 2. The molecule has 0 aliphatic carbocycles. The van der Waals surface area contributed by atoms with Gasteiger partial charge in [-0.2, -0.15) is 0 Å². The molecule has 0 radical (unpaired) electrons. The van der Waals surface area contributed by atoms with Gasteiger partial charge in [0.25, 0.3) is 0 Å². The lowest BCUT2D eigenvalue weighted by Crippen LogP contribution is -2.11. The van der Waals surface area contributed by atoms with Crippen LogP contribution in [0.25, 0.3) is 64.0 Å². The average Bonchev–Trinajstić information content (AvgIpc) is 3.69. The molecule has 1 heterocycles. The van der Waals surface area contributed by atoms with Crippen LogP contribution in [0.5, 0.6) is 0 Å². The molecule has 59 heavy (non-hydrogen) atoms. The molecule has 0 aliphatic heterocycles. The van der Waals surface area contributed by atoms with E-state index in [1.807, 2.05) is 11.3 Å². The summed E-state index contributed by atoms with van der Waals surface area (Å²) in [6.07, 6.45) is 0. The van der Waals surface area contributed by atoms with E-state index in [2.05, 4.69) is 240 Å². The Hall–Kier alpha value is -7.46. The summed E-state index contributed by atoms with van der Waals surface area (Å²) in [6.45, 7) is 0. The predicted octanol–water partition coefficient (Wildman–Crippen LogP) is 16.6. The van der Waals surface area contributed by atoms with Gasteiger partial charge in [0.2, 0.25) is 0 Å². The number of anilines is 6. The SMILES string of the molecule is c1ccc(-c2c(-c3ccc(N(c4ccc5ccccc5c4)c4cccc5ccccc45)c4ccccc34)sc3cc(N(c4ccccc4)c4ccccc4)ccc23)cc1. The maximum Gasteiger partial charge on any atom is 0.0540 e. The summed E-state index contributed by atoms with van der Waals surface area (Å²) < 4.78 is 1.25. The van der Waals surface area contributed by atoms with Crippen molar-refractivity contribution in [1.82, 2.24) is 0 Å². The van der Waals surface area contributed by atoms with Gasteiger partial charge < -0.3 is 9.80 Å². The van der Waals surface area contributed by atoms with E-state index in [9.17, 15) is 0 Å². The maximum absolute atomic E-state index is 2.46. The molecule has 1 aromatic heterocycles. The van der Waals surface area contributed by atoms with E-state index >= 15 is 0 Å². The fourth-order valence-corrected chi connectivity index (χ4v) is 10.0. The number of hydrogen-bond acceptors (Lipinski definition) is 3. The lowest BCUT2D eigenvalue weighted by Gasteiger charge is -2.29. The molecule has 11 aromatic rings. The second-order valence-electron chi connectivity index (χ2n) is 14.9. The third kappa shape index (κ3) is 6.20. The first-order valence-corrected chi connectivity index (χ1v) is 20.9. The van der Waals surface area contributed by atoms with Crippen molar-refractivity contribution in [1.29, 1.82) is 0 Å². The van der Waals surface area contributed by atoms with Crippen molar-refractivity contribution in [2.45, 2.75) is 0 Å². The molecule has 0 amide bonds. The van der Waals surface area contributed by atoms with E-state index in [4.69, 9.17) is 0 Å². The fraction of sp³-hybridized carbons (Fsp3) is 0. The van der Waals surface area contributed by atoms with Crippen LogP contribution in [-0.4, -0.2) is 0 Å². The van der Waals surface area contributed by atoms with Crippen molar-refractivity contribution in [2.75, 3.05) is 9.80 Å². The van der Waals surface area contributed by atoms with Gasteiger partial charge in [-0.25, -0.2) is 0 Å². The molecule has 0 spiro atoms. The minimum atomic E-state index is 1.12. The molecule has 0 aliphatic rings. The van der Waals surface area contributed by atoms with Crippen molar-refractivity contribution in [3.63, 3.8) is 0 Å². The molecule has 0 saturated carbocycles. The Morgan fingerprint density at radius 1 is 0.305 bits per heavy atom. The summed E-state index contributed by atoms with van der Waals surface area (Å²) in [5.74, 6) is 0. The lowest BCUT2D eigenvalue weighted by atomic mass is 9.94. The standard InChI is InChI=1S/C56H38N2S/c1-4-19-41(20-5-1)55-51-34-33-46(57(43-23-6-2-7-24-43)44-25-8-3-9-26-44)38-54(51)59-56(55)50-35-36-53(49-29-15-14-28-48(49)50)58(45-32-31-39-17-10-11-21-42(39)37-45)52-30-16-22-40-18-12-13-27-47(40)52/h1-38H. The third-order valence-corrected chi connectivity index (χ3v) is 12.6. The topological polar surface area (TPSA) is 6.48 Å². The van der Waals surface area contributed by atoms with E-state index in [1.54, 1.807) is 0 Å². The van der Waals surface area contributed by atoms with E-state index < -0.39 is 0 Å². The highest BCUT2D eigenvalue weighted by molar-refractivity contribution is 7.23. The Bertz CT molecular complexity index is 3240. The lowest BCUT2D eigenvalue weighted by molar-refractivity contribution is 1.29. The van der Waals surface area contributed by atoms with Gasteiger partial charge in [0, 0.05) is 59.6 Å². The average molecular weight is 771 g/mol. The van der Waals surface area contributed by atoms with Gasteiger partial charge in [-0.05, 0) is 87.8 Å². The van der Waals surface area contributed by atoms with Crippen molar-refractivity contribution >= 4 is 87.9 Å². The minimum absolute atomic E-state index is 1.12. The first kappa shape index (κ1) is 34.8. The molecule has 0 bridgehead atoms. The summed E-state index contributed by atoms with van der Waals surface area (Å²) in [5.41, 5.74) is 10.5. The molecular formula is C56H38N2S. The van der Waals surface area contributed by atoms with Crippen LogP contribution in [0, 0.1) is 0 Å².